The molecule has 0 aromatic heterocycles. The fourth-order valence-electron chi connectivity index (χ4n) is 2.34. The minimum atomic E-state index is -3.34. The highest BCUT2D eigenvalue weighted by Crippen LogP contribution is 2.49. The molecule has 0 N–H and O–H groups in total. The van der Waals surface area contributed by atoms with E-state index in [1.807, 2.05) is 0 Å². The van der Waals surface area contributed by atoms with Crippen molar-refractivity contribution in [3.8, 4) is 0 Å². The van der Waals surface area contributed by atoms with Crippen molar-refractivity contribution in [1.29, 1.82) is 0 Å². The van der Waals surface area contributed by atoms with Crippen LogP contribution in [0.4, 0.5) is 14.5 Å². The van der Waals surface area contributed by atoms with Gasteiger partial charge in [0.15, 0.2) is 0 Å². The lowest BCUT2D eigenvalue weighted by Crippen LogP contribution is -2.64. The van der Waals surface area contributed by atoms with Gasteiger partial charge in [0.25, 0.3) is 0 Å². The van der Waals surface area contributed by atoms with Crippen molar-refractivity contribution in [3.63, 3.8) is 0 Å². The molecule has 1 aliphatic rings. The number of nitrogens with zero attached hydrogens (tertiary/aromatic N) is 1. The SMILES string of the molecule is O=C1N(c2ccccc2)C(c2ccccc2)C1(F)F. The van der Waals surface area contributed by atoms with Crippen molar-refractivity contribution in [3.05, 3.63) is 66.2 Å². The number of alkyl halides is 2. The second kappa shape index (κ2) is 4.16. The van der Waals surface area contributed by atoms with Crippen molar-refractivity contribution < 1.29 is 13.6 Å². The Bertz CT molecular complexity index is 598. The zero-order chi connectivity index (χ0) is 13.5. The number of β-lactam (4-membered cyclic amide) rings is 1. The fourth-order valence-corrected chi connectivity index (χ4v) is 2.34. The normalized spacial score (nSPS) is 21.1. The Morgan fingerprint density at radius 2 is 1.42 bits per heavy atom. The van der Waals surface area contributed by atoms with Gasteiger partial charge >= 0.3 is 11.8 Å². The molecular weight excluding hydrogens is 248 g/mol. The van der Waals surface area contributed by atoms with E-state index >= 15 is 0 Å². The number of rotatable bonds is 2. The third-order valence-electron chi connectivity index (χ3n) is 3.26. The summed E-state index contributed by atoms with van der Waals surface area (Å²) in [7, 11) is 0. The van der Waals surface area contributed by atoms with Crippen LogP contribution in [0.5, 0.6) is 0 Å². The van der Waals surface area contributed by atoms with Gasteiger partial charge in [0.1, 0.15) is 6.04 Å². The summed E-state index contributed by atoms with van der Waals surface area (Å²) < 4.78 is 27.7. The molecule has 1 aliphatic heterocycles. The summed E-state index contributed by atoms with van der Waals surface area (Å²) >= 11 is 0. The lowest BCUT2D eigenvalue weighted by molar-refractivity contribution is -0.162. The standard InChI is InChI=1S/C15H11F2NO/c16-15(17)13(11-7-3-1-4-8-11)18(14(15)19)12-9-5-2-6-10-12/h1-10,13H. The molecule has 0 radical (unpaired) electrons. The van der Waals surface area contributed by atoms with Crippen LogP contribution in [0.2, 0.25) is 0 Å². The van der Waals surface area contributed by atoms with E-state index in [0.29, 0.717) is 11.3 Å². The molecular formula is C15H11F2NO. The van der Waals surface area contributed by atoms with E-state index in [1.54, 1.807) is 60.7 Å². The summed E-state index contributed by atoms with van der Waals surface area (Å²) in [6.07, 6.45) is 0. The molecule has 96 valence electrons. The lowest BCUT2D eigenvalue weighted by Gasteiger charge is -2.46. The van der Waals surface area contributed by atoms with Gasteiger partial charge in [-0.25, -0.2) is 0 Å². The molecule has 0 bridgehead atoms. The maximum atomic E-state index is 13.8. The fraction of sp³-hybridized carbons (Fsp3) is 0.133. The third kappa shape index (κ3) is 1.71. The van der Waals surface area contributed by atoms with Gasteiger partial charge in [-0.05, 0) is 17.7 Å². The zero-order valence-electron chi connectivity index (χ0n) is 9.96. The maximum absolute atomic E-state index is 13.8. The molecule has 19 heavy (non-hydrogen) atoms. The molecule has 0 aliphatic carbocycles. The van der Waals surface area contributed by atoms with E-state index in [0.717, 1.165) is 4.90 Å². The molecule has 1 heterocycles. The van der Waals surface area contributed by atoms with E-state index < -0.39 is 17.9 Å². The van der Waals surface area contributed by atoms with Crippen LogP contribution in [-0.2, 0) is 4.79 Å². The van der Waals surface area contributed by atoms with Crippen LogP contribution in [-0.4, -0.2) is 11.8 Å². The Balaban J connectivity index is 2.03. The summed E-state index contributed by atoms with van der Waals surface area (Å²) in [6.45, 7) is 0. The van der Waals surface area contributed by atoms with Crippen LogP contribution in [0.3, 0.4) is 0 Å². The second-order valence-corrected chi connectivity index (χ2v) is 4.45. The number of hydrogen-bond donors (Lipinski definition) is 0. The van der Waals surface area contributed by atoms with Crippen LogP contribution >= 0.6 is 0 Å². The predicted octanol–water partition coefficient (Wildman–Crippen LogP) is 3.41. The van der Waals surface area contributed by atoms with Crippen molar-refractivity contribution >= 4 is 11.6 Å². The summed E-state index contributed by atoms with van der Waals surface area (Å²) in [4.78, 5) is 12.8. The molecule has 0 spiro atoms. The number of amides is 1. The predicted molar refractivity (Wildman–Crippen MR) is 68.1 cm³/mol. The zero-order valence-corrected chi connectivity index (χ0v) is 9.96. The highest BCUT2D eigenvalue weighted by atomic mass is 19.3. The Hall–Kier alpha value is -2.23. The molecule has 2 aromatic rings. The largest absolute Gasteiger partial charge is 0.349 e. The highest BCUT2D eigenvalue weighted by Gasteiger charge is 2.64. The average molecular weight is 259 g/mol. The van der Waals surface area contributed by atoms with Crippen molar-refractivity contribution in [2.24, 2.45) is 0 Å². The van der Waals surface area contributed by atoms with Gasteiger partial charge in [-0.1, -0.05) is 48.5 Å². The van der Waals surface area contributed by atoms with Gasteiger partial charge in [-0.3, -0.25) is 9.69 Å². The van der Waals surface area contributed by atoms with Gasteiger partial charge in [0.2, 0.25) is 0 Å². The van der Waals surface area contributed by atoms with E-state index in [1.165, 1.54) is 0 Å². The van der Waals surface area contributed by atoms with Gasteiger partial charge in [0, 0.05) is 5.69 Å². The third-order valence-corrected chi connectivity index (χ3v) is 3.26. The van der Waals surface area contributed by atoms with Crippen LogP contribution in [0.15, 0.2) is 60.7 Å². The average Bonchev–Trinajstić information content (AvgIpc) is 2.45. The van der Waals surface area contributed by atoms with E-state index in [2.05, 4.69) is 0 Å². The second-order valence-electron chi connectivity index (χ2n) is 4.45. The molecule has 4 heteroatoms. The Labute approximate surface area is 109 Å². The lowest BCUT2D eigenvalue weighted by atomic mass is 9.89. The van der Waals surface area contributed by atoms with Gasteiger partial charge < -0.3 is 0 Å². The topological polar surface area (TPSA) is 20.3 Å². The number of carbonyl (C=O) groups excluding carboxylic acids is 1. The summed E-state index contributed by atoms with van der Waals surface area (Å²) in [5.41, 5.74) is 0.934. The Kier molecular flexibility index (Phi) is 2.59. The Morgan fingerprint density at radius 3 is 2.00 bits per heavy atom. The quantitative estimate of drug-likeness (QED) is 0.757. The van der Waals surface area contributed by atoms with E-state index in [9.17, 15) is 13.6 Å². The summed E-state index contributed by atoms with van der Waals surface area (Å²) in [5.74, 6) is -4.48. The number of benzene rings is 2. The first-order valence-corrected chi connectivity index (χ1v) is 5.94. The van der Waals surface area contributed by atoms with Gasteiger partial charge in [0.05, 0.1) is 0 Å². The minimum absolute atomic E-state index is 0.441. The minimum Gasteiger partial charge on any atom is -0.293 e. The van der Waals surface area contributed by atoms with E-state index in [-0.39, 0.29) is 0 Å². The molecule has 3 rings (SSSR count). The first-order chi connectivity index (χ1) is 9.12. The van der Waals surface area contributed by atoms with Crippen molar-refractivity contribution in [2.75, 3.05) is 4.90 Å². The first-order valence-electron chi connectivity index (χ1n) is 5.94. The number of hydrogen-bond acceptors (Lipinski definition) is 1. The molecule has 2 aromatic carbocycles. The number of carbonyl (C=O) groups is 1. The highest BCUT2D eigenvalue weighted by molar-refractivity contribution is 6.07. The summed E-state index contributed by atoms with van der Waals surface area (Å²) in [6, 6.07) is 15.7. The van der Waals surface area contributed by atoms with Crippen LogP contribution < -0.4 is 4.90 Å². The summed E-state index contributed by atoms with van der Waals surface area (Å²) in [5, 5.41) is 0. The van der Waals surface area contributed by atoms with Crippen LogP contribution in [0.25, 0.3) is 0 Å². The van der Waals surface area contributed by atoms with Gasteiger partial charge in [-0.15, -0.1) is 0 Å². The van der Waals surface area contributed by atoms with E-state index in [4.69, 9.17) is 0 Å². The van der Waals surface area contributed by atoms with Gasteiger partial charge in [-0.2, -0.15) is 8.78 Å². The smallest absolute Gasteiger partial charge is 0.293 e. The molecule has 2 nitrogen and oxygen atoms in total. The van der Waals surface area contributed by atoms with Crippen molar-refractivity contribution in [1.82, 2.24) is 0 Å². The maximum Gasteiger partial charge on any atom is 0.349 e. The molecule has 1 atom stereocenters. The Morgan fingerprint density at radius 1 is 0.895 bits per heavy atom. The molecule has 1 saturated heterocycles. The van der Waals surface area contributed by atoms with Crippen LogP contribution in [0, 0.1) is 0 Å². The monoisotopic (exact) mass is 259 g/mol. The molecule has 1 amide bonds. The first kappa shape index (κ1) is 11.8. The molecule has 1 unspecified atom stereocenters. The van der Waals surface area contributed by atoms with Crippen molar-refractivity contribution in [2.45, 2.75) is 12.0 Å². The molecule has 1 fully saturated rings. The number of para-hydroxylation sites is 1. The number of anilines is 1. The van der Waals surface area contributed by atoms with Crippen LogP contribution in [0.1, 0.15) is 11.6 Å². The molecule has 0 saturated carbocycles. The number of halogens is 2.